The van der Waals surface area contributed by atoms with E-state index in [9.17, 15) is 4.79 Å². The monoisotopic (exact) mass is 267 g/mol. The fraction of sp³-hybridized carbons (Fsp3) is 0.538. The number of hydrogen-bond donors (Lipinski definition) is 2. The zero-order valence-electron chi connectivity index (χ0n) is 11.6. The van der Waals surface area contributed by atoms with Crippen LogP contribution in [0.1, 0.15) is 31.1 Å². The van der Waals surface area contributed by atoms with E-state index in [2.05, 4.69) is 4.98 Å². The summed E-state index contributed by atoms with van der Waals surface area (Å²) < 4.78 is 5.01. The van der Waals surface area contributed by atoms with Crippen molar-refractivity contribution < 1.29 is 14.6 Å². The molecule has 0 aliphatic heterocycles. The number of rotatable bonds is 6. The second-order valence-corrected chi connectivity index (χ2v) is 4.37. The maximum absolute atomic E-state index is 11.9. The molecule has 6 nitrogen and oxygen atoms in total. The number of nitrogens with zero attached hydrogens (tertiary/aromatic N) is 2. The van der Waals surface area contributed by atoms with Gasteiger partial charge in [-0.15, -0.1) is 0 Å². The molecule has 0 atom stereocenters. The number of aromatic nitrogens is 1. The highest BCUT2D eigenvalue weighted by Gasteiger charge is 2.21. The van der Waals surface area contributed by atoms with Crippen molar-refractivity contribution >= 4 is 17.5 Å². The summed E-state index contributed by atoms with van der Waals surface area (Å²) in [7, 11) is 0. The second-order valence-electron chi connectivity index (χ2n) is 4.37. The van der Waals surface area contributed by atoms with Crippen LogP contribution in [0.5, 0.6) is 0 Å². The van der Waals surface area contributed by atoms with E-state index in [4.69, 9.17) is 15.6 Å². The maximum Gasteiger partial charge on any atom is 0.341 e. The molecule has 0 fully saturated rings. The molecule has 1 aromatic heterocycles. The van der Waals surface area contributed by atoms with Gasteiger partial charge >= 0.3 is 5.97 Å². The number of nitrogens with two attached hydrogens (primary N) is 1. The number of esters is 1. The van der Waals surface area contributed by atoms with Crippen molar-refractivity contribution in [2.75, 3.05) is 30.4 Å². The molecule has 3 N–H and O–H groups in total. The summed E-state index contributed by atoms with van der Waals surface area (Å²) in [5.41, 5.74) is 6.40. The van der Waals surface area contributed by atoms with Gasteiger partial charge in [0.2, 0.25) is 0 Å². The Bertz CT molecular complexity index is 435. The summed E-state index contributed by atoms with van der Waals surface area (Å²) in [4.78, 5) is 18.0. The van der Waals surface area contributed by atoms with E-state index in [-0.39, 0.29) is 19.3 Å². The topological polar surface area (TPSA) is 88.7 Å². The first kappa shape index (κ1) is 15.2. The summed E-state index contributed by atoms with van der Waals surface area (Å²) in [5, 5.41) is 9.12. The van der Waals surface area contributed by atoms with Crippen LogP contribution in [0.15, 0.2) is 12.3 Å². The Morgan fingerprint density at radius 1 is 1.58 bits per heavy atom. The van der Waals surface area contributed by atoms with Crippen LogP contribution in [-0.2, 0) is 4.74 Å². The molecule has 106 valence electrons. The lowest BCUT2D eigenvalue weighted by atomic mass is 10.2. The lowest BCUT2D eigenvalue weighted by molar-refractivity contribution is 0.0526. The number of carbonyl (C=O) groups is 1. The molecule has 1 aromatic rings. The minimum absolute atomic E-state index is 0.0213. The summed E-state index contributed by atoms with van der Waals surface area (Å²) in [6.45, 7) is 6.32. The third-order valence-electron chi connectivity index (χ3n) is 2.62. The van der Waals surface area contributed by atoms with E-state index < -0.39 is 5.97 Å². The standard InChI is InChI=1S/C13H21N3O3/c1-4-19-13(18)11-7-10(14)8-15-12(11)16(5-6-17)9(2)3/h7-9,17H,4-6,14H2,1-3H3. The molecule has 0 radical (unpaired) electrons. The Balaban J connectivity index is 3.20. The number of ether oxygens (including phenoxy) is 1. The van der Waals surface area contributed by atoms with Crippen molar-refractivity contribution in [2.45, 2.75) is 26.8 Å². The van der Waals surface area contributed by atoms with Crippen molar-refractivity contribution in [3.8, 4) is 0 Å². The zero-order valence-corrected chi connectivity index (χ0v) is 11.6. The van der Waals surface area contributed by atoms with Crippen molar-refractivity contribution in [1.82, 2.24) is 4.98 Å². The van der Waals surface area contributed by atoms with Crippen LogP contribution in [0.3, 0.4) is 0 Å². The van der Waals surface area contributed by atoms with E-state index in [1.807, 2.05) is 18.7 Å². The first-order chi connectivity index (χ1) is 9.01. The van der Waals surface area contributed by atoms with E-state index in [0.717, 1.165) is 0 Å². The van der Waals surface area contributed by atoms with Gasteiger partial charge in [0.05, 0.1) is 25.1 Å². The Morgan fingerprint density at radius 3 is 2.79 bits per heavy atom. The van der Waals surface area contributed by atoms with Gasteiger partial charge in [0, 0.05) is 12.6 Å². The Labute approximate surface area is 113 Å². The molecule has 1 rings (SSSR count). The fourth-order valence-corrected chi connectivity index (χ4v) is 1.78. The van der Waals surface area contributed by atoms with E-state index in [1.54, 1.807) is 13.0 Å². The molecule has 19 heavy (non-hydrogen) atoms. The van der Waals surface area contributed by atoms with Crippen LogP contribution in [0.25, 0.3) is 0 Å². The number of anilines is 2. The number of aliphatic hydroxyl groups excluding tert-OH is 1. The molecule has 0 saturated carbocycles. The number of hydrogen-bond acceptors (Lipinski definition) is 6. The molecule has 6 heteroatoms. The predicted molar refractivity (Wildman–Crippen MR) is 74.2 cm³/mol. The molecule has 0 spiro atoms. The van der Waals surface area contributed by atoms with Crippen molar-refractivity contribution in [2.24, 2.45) is 0 Å². The maximum atomic E-state index is 11.9. The summed E-state index contributed by atoms with van der Waals surface area (Å²) in [6.07, 6.45) is 1.49. The number of nitrogen functional groups attached to an aromatic ring is 1. The summed E-state index contributed by atoms with van der Waals surface area (Å²) >= 11 is 0. The fourth-order valence-electron chi connectivity index (χ4n) is 1.78. The highest BCUT2D eigenvalue weighted by atomic mass is 16.5. The SMILES string of the molecule is CCOC(=O)c1cc(N)cnc1N(CCO)C(C)C. The summed E-state index contributed by atoms with van der Waals surface area (Å²) in [5.74, 6) is 0.0255. The van der Waals surface area contributed by atoms with Crippen LogP contribution in [0.4, 0.5) is 11.5 Å². The second kappa shape index (κ2) is 6.94. The largest absolute Gasteiger partial charge is 0.462 e. The van der Waals surface area contributed by atoms with Crippen LogP contribution >= 0.6 is 0 Å². The van der Waals surface area contributed by atoms with Gasteiger partial charge in [-0.2, -0.15) is 0 Å². The lowest BCUT2D eigenvalue weighted by Crippen LogP contribution is -2.35. The average Bonchev–Trinajstić information content (AvgIpc) is 2.36. The van der Waals surface area contributed by atoms with Crippen LogP contribution in [0.2, 0.25) is 0 Å². The molecule has 0 aromatic carbocycles. The third kappa shape index (κ3) is 3.82. The van der Waals surface area contributed by atoms with Crippen molar-refractivity contribution in [3.05, 3.63) is 17.8 Å². The summed E-state index contributed by atoms with van der Waals surface area (Å²) in [6, 6.07) is 1.64. The number of aliphatic hydroxyl groups is 1. The molecule has 0 bridgehead atoms. The van der Waals surface area contributed by atoms with Crippen LogP contribution in [0, 0.1) is 0 Å². The Kier molecular flexibility index (Phi) is 5.57. The van der Waals surface area contributed by atoms with Gasteiger partial charge < -0.3 is 20.5 Å². The average molecular weight is 267 g/mol. The molecule has 0 saturated heterocycles. The van der Waals surface area contributed by atoms with Crippen molar-refractivity contribution in [3.63, 3.8) is 0 Å². The van der Waals surface area contributed by atoms with Gasteiger partial charge in [0.25, 0.3) is 0 Å². The normalized spacial score (nSPS) is 10.6. The van der Waals surface area contributed by atoms with Gasteiger partial charge in [-0.25, -0.2) is 9.78 Å². The van der Waals surface area contributed by atoms with Gasteiger partial charge in [-0.3, -0.25) is 0 Å². The highest BCUT2D eigenvalue weighted by molar-refractivity contribution is 5.95. The first-order valence-electron chi connectivity index (χ1n) is 6.31. The minimum Gasteiger partial charge on any atom is -0.462 e. The quantitative estimate of drug-likeness (QED) is 0.749. The molecular weight excluding hydrogens is 246 g/mol. The van der Waals surface area contributed by atoms with E-state index in [0.29, 0.717) is 23.6 Å². The zero-order chi connectivity index (χ0) is 14.4. The number of carbonyl (C=O) groups excluding carboxylic acids is 1. The van der Waals surface area contributed by atoms with Crippen molar-refractivity contribution in [1.29, 1.82) is 0 Å². The molecule has 0 amide bonds. The molecule has 0 aliphatic rings. The smallest absolute Gasteiger partial charge is 0.341 e. The lowest BCUT2D eigenvalue weighted by Gasteiger charge is -2.28. The Hall–Kier alpha value is -1.82. The van der Waals surface area contributed by atoms with Gasteiger partial charge in [0.1, 0.15) is 11.4 Å². The minimum atomic E-state index is -0.458. The number of pyridine rings is 1. The first-order valence-corrected chi connectivity index (χ1v) is 6.31. The van der Waals surface area contributed by atoms with E-state index in [1.165, 1.54) is 6.20 Å². The van der Waals surface area contributed by atoms with E-state index >= 15 is 0 Å². The molecule has 0 aliphatic carbocycles. The Morgan fingerprint density at radius 2 is 2.26 bits per heavy atom. The molecule has 0 unspecified atom stereocenters. The molecular formula is C13H21N3O3. The molecule has 1 heterocycles. The van der Waals surface area contributed by atoms with Crippen LogP contribution in [-0.4, -0.2) is 41.9 Å². The van der Waals surface area contributed by atoms with Crippen LogP contribution < -0.4 is 10.6 Å². The van der Waals surface area contributed by atoms with Gasteiger partial charge in [-0.1, -0.05) is 0 Å². The predicted octanol–water partition coefficient (Wildman–Crippen LogP) is 1.05. The third-order valence-corrected chi connectivity index (χ3v) is 2.62. The van der Waals surface area contributed by atoms with Gasteiger partial charge in [-0.05, 0) is 26.8 Å². The van der Waals surface area contributed by atoms with Gasteiger partial charge in [0.15, 0.2) is 0 Å². The highest BCUT2D eigenvalue weighted by Crippen LogP contribution is 2.22.